The highest BCUT2D eigenvalue weighted by atomic mass is 32.2. The van der Waals surface area contributed by atoms with Crippen molar-refractivity contribution in [1.29, 1.82) is 5.26 Å². The Morgan fingerprint density at radius 2 is 2.20 bits per heavy atom. The number of aliphatic hydroxyl groups is 1. The van der Waals surface area contributed by atoms with Gasteiger partial charge in [-0.2, -0.15) is 10.2 Å². The first-order chi connectivity index (χ1) is 9.16. The third-order valence-corrected chi connectivity index (χ3v) is 4.61. The summed E-state index contributed by atoms with van der Waals surface area (Å²) in [5, 5.41) is 21.4. The quantitative estimate of drug-likeness (QED) is 0.772. The van der Waals surface area contributed by atoms with Gasteiger partial charge in [0.05, 0.1) is 12.3 Å². The lowest BCUT2D eigenvalue weighted by atomic mass is 9.64. The van der Waals surface area contributed by atoms with Gasteiger partial charge in [0.2, 0.25) is 15.0 Å². The number of aromatic nitrogens is 2. The number of rotatable bonds is 3. The summed E-state index contributed by atoms with van der Waals surface area (Å²) in [6.07, 6.45) is 2.29. The zero-order valence-electron chi connectivity index (χ0n) is 11.5. The van der Waals surface area contributed by atoms with Gasteiger partial charge < -0.3 is 10.4 Å². The number of nitrogens with one attached hydrogen (secondary N) is 1. The number of hydrogen-bond acceptors (Lipinski definition) is 7. The number of hydrogen-bond donors (Lipinski definition) is 2. The van der Waals surface area contributed by atoms with Gasteiger partial charge in [0.15, 0.2) is 0 Å². The van der Waals surface area contributed by atoms with Gasteiger partial charge in [-0.3, -0.25) is 0 Å². The number of nitriles is 1. The first kappa shape index (κ1) is 14.7. The van der Waals surface area contributed by atoms with Crippen LogP contribution in [0.25, 0.3) is 0 Å². The molecule has 0 bridgehead atoms. The molecule has 1 fully saturated rings. The zero-order chi connectivity index (χ0) is 15.1. The summed E-state index contributed by atoms with van der Waals surface area (Å²) in [6, 6.07) is 1.84. The van der Waals surface area contributed by atoms with E-state index in [0.717, 1.165) is 6.26 Å². The van der Waals surface area contributed by atoms with Crippen molar-refractivity contribution in [3.8, 4) is 6.07 Å². The summed E-state index contributed by atoms with van der Waals surface area (Å²) >= 11 is 0. The van der Waals surface area contributed by atoms with Gasteiger partial charge >= 0.3 is 0 Å². The minimum Gasteiger partial charge on any atom is -0.392 e. The number of sulfone groups is 1. The first-order valence-electron chi connectivity index (χ1n) is 6.08. The second-order valence-corrected chi connectivity index (χ2v) is 7.48. The predicted octanol–water partition coefficient (Wildman–Crippen LogP) is 0.323. The summed E-state index contributed by atoms with van der Waals surface area (Å²) in [4.78, 5) is 7.59. The molecule has 1 heterocycles. The highest BCUT2D eigenvalue weighted by Gasteiger charge is 2.47. The van der Waals surface area contributed by atoms with Crippen molar-refractivity contribution in [3.05, 3.63) is 11.8 Å². The normalized spacial score (nSPS) is 24.6. The molecule has 0 aromatic carbocycles. The van der Waals surface area contributed by atoms with Crippen LogP contribution >= 0.6 is 0 Å². The molecule has 0 aliphatic heterocycles. The van der Waals surface area contributed by atoms with E-state index in [9.17, 15) is 13.5 Å². The summed E-state index contributed by atoms with van der Waals surface area (Å²) in [5.41, 5.74) is -0.183. The highest BCUT2D eigenvalue weighted by molar-refractivity contribution is 7.90. The summed E-state index contributed by atoms with van der Waals surface area (Å²) < 4.78 is 22.9. The van der Waals surface area contributed by atoms with Gasteiger partial charge in [0, 0.05) is 17.7 Å². The Balaban J connectivity index is 2.34. The molecule has 2 atom stereocenters. The molecule has 1 saturated carbocycles. The second-order valence-electron chi connectivity index (χ2n) is 5.57. The van der Waals surface area contributed by atoms with Gasteiger partial charge in [-0.25, -0.2) is 13.4 Å². The standard InChI is InChI=1S/C12H16N4O3S/c1-12(2)8(4-9(12)17)15-10-7(5-13)6-14-11(16-10)20(3,18)19/h6,8-9,17H,4H2,1-3H3,(H,14,15,16). The topological polar surface area (TPSA) is 116 Å². The smallest absolute Gasteiger partial charge is 0.248 e. The van der Waals surface area contributed by atoms with Crippen LogP contribution in [-0.4, -0.2) is 41.9 Å². The van der Waals surface area contributed by atoms with E-state index in [-0.39, 0.29) is 28.0 Å². The third-order valence-electron chi connectivity index (χ3n) is 3.75. The van der Waals surface area contributed by atoms with Gasteiger partial charge in [0.1, 0.15) is 17.5 Å². The molecule has 108 valence electrons. The molecule has 8 heteroatoms. The summed E-state index contributed by atoms with van der Waals surface area (Å²) in [7, 11) is -3.54. The van der Waals surface area contributed by atoms with Crippen molar-refractivity contribution in [3.63, 3.8) is 0 Å². The summed E-state index contributed by atoms with van der Waals surface area (Å²) in [5.74, 6) is 0.188. The Labute approximate surface area is 117 Å². The van der Waals surface area contributed by atoms with Gasteiger partial charge in [-0.15, -0.1) is 0 Å². The highest BCUT2D eigenvalue weighted by Crippen LogP contribution is 2.42. The van der Waals surface area contributed by atoms with Gasteiger partial charge in [-0.05, 0) is 6.42 Å². The monoisotopic (exact) mass is 296 g/mol. The Morgan fingerprint density at radius 3 is 2.65 bits per heavy atom. The lowest BCUT2D eigenvalue weighted by Crippen LogP contribution is -2.57. The van der Waals surface area contributed by atoms with Crippen LogP contribution in [0.3, 0.4) is 0 Å². The fraction of sp³-hybridized carbons (Fsp3) is 0.583. The van der Waals surface area contributed by atoms with Crippen molar-refractivity contribution < 1.29 is 13.5 Å². The maximum absolute atomic E-state index is 11.5. The van der Waals surface area contributed by atoms with E-state index in [1.165, 1.54) is 6.20 Å². The van der Waals surface area contributed by atoms with E-state index in [1.807, 2.05) is 19.9 Å². The minimum absolute atomic E-state index is 0.0769. The van der Waals surface area contributed by atoms with Crippen LogP contribution in [-0.2, 0) is 9.84 Å². The van der Waals surface area contributed by atoms with Crippen molar-refractivity contribution in [2.75, 3.05) is 11.6 Å². The zero-order valence-corrected chi connectivity index (χ0v) is 12.3. The lowest BCUT2D eigenvalue weighted by Gasteiger charge is -2.49. The van der Waals surface area contributed by atoms with Crippen molar-refractivity contribution in [1.82, 2.24) is 9.97 Å². The van der Waals surface area contributed by atoms with Crippen LogP contribution in [0.2, 0.25) is 0 Å². The molecular weight excluding hydrogens is 280 g/mol. The fourth-order valence-electron chi connectivity index (χ4n) is 2.05. The van der Waals surface area contributed by atoms with E-state index in [4.69, 9.17) is 5.26 Å². The number of nitrogens with zero attached hydrogens (tertiary/aromatic N) is 3. The predicted molar refractivity (Wildman–Crippen MR) is 71.7 cm³/mol. The minimum atomic E-state index is -3.54. The van der Waals surface area contributed by atoms with E-state index >= 15 is 0 Å². The maximum atomic E-state index is 11.5. The maximum Gasteiger partial charge on any atom is 0.248 e. The molecule has 2 rings (SSSR count). The molecule has 1 aliphatic rings. The molecule has 0 spiro atoms. The first-order valence-corrected chi connectivity index (χ1v) is 7.97. The largest absolute Gasteiger partial charge is 0.392 e. The van der Waals surface area contributed by atoms with Crippen molar-refractivity contribution >= 4 is 15.7 Å². The molecule has 2 N–H and O–H groups in total. The molecule has 0 amide bonds. The average Bonchev–Trinajstić information content (AvgIpc) is 2.37. The van der Waals surface area contributed by atoms with Crippen LogP contribution in [0.15, 0.2) is 11.4 Å². The van der Waals surface area contributed by atoms with Crippen molar-refractivity contribution in [2.24, 2.45) is 5.41 Å². The SMILES string of the molecule is CC1(C)C(O)CC1Nc1nc(S(C)(=O)=O)ncc1C#N. The molecule has 1 aromatic rings. The number of aliphatic hydroxyl groups excluding tert-OH is 1. The van der Waals surface area contributed by atoms with Crippen LogP contribution in [0, 0.1) is 16.7 Å². The molecular formula is C12H16N4O3S. The van der Waals surface area contributed by atoms with E-state index in [0.29, 0.717) is 6.42 Å². The third kappa shape index (κ3) is 2.46. The number of anilines is 1. The Morgan fingerprint density at radius 1 is 1.55 bits per heavy atom. The van der Waals surface area contributed by atoms with E-state index < -0.39 is 15.9 Å². The van der Waals surface area contributed by atoms with Crippen LogP contribution < -0.4 is 5.32 Å². The second kappa shape index (κ2) is 4.68. The molecule has 7 nitrogen and oxygen atoms in total. The Kier molecular flexibility index (Phi) is 3.44. The summed E-state index contributed by atoms with van der Waals surface area (Å²) in [6.45, 7) is 3.78. The van der Waals surface area contributed by atoms with Crippen LogP contribution in [0.5, 0.6) is 0 Å². The van der Waals surface area contributed by atoms with E-state index in [2.05, 4.69) is 15.3 Å². The van der Waals surface area contributed by atoms with Crippen LogP contribution in [0.1, 0.15) is 25.8 Å². The van der Waals surface area contributed by atoms with Gasteiger partial charge in [0.25, 0.3) is 0 Å². The molecule has 1 aromatic heterocycles. The lowest BCUT2D eigenvalue weighted by molar-refractivity contribution is -0.0511. The van der Waals surface area contributed by atoms with Crippen molar-refractivity contribution in [2.45, 2.75) is 37.6 Å². The molecule has 20 heavy (non-hydrogen) atoms. The van der Waals surface area contributed by atoms with E-state index in [1.54, 1.807) is 0 Å². The molecule has 0 radical (unpaired) electrons. The van der Waals surface area contributed by atoms with Crippen LogP contribution in [0.4, 0.5) is 5.82 Å². The molecule has 0 saturated heterocycles. The Bertz CT molecular complexity index is 678. The van der Waals surface area contributed by atoms with Gasteiger partial charge in [-0.1, -0.05) is 13.8 Å². The average molecular weight is 296 g/mol. The Hall–Kier alpha value is -1.72. The molecule has 1 aliphatic carbocycles. The molecule has 2 unspecified atom stereocenters. The fourth-order valence-corrected chi connectivity index (χ4v) is 2.55.